The molecule has 0 saturated heterocycles. The van der Waals surface area contributed by atoms with Gasteiger partial charge in [0.25, 0.3) is 9.05 Å². The van der Waals surface area contributed by atoms with Crippen molar-refractivity contribution in [1.29, 1.82) is 0 Å². The molecule has 0 aliphatic heterocycles. The first-order chi connectivity index (χ1) is 5.52. The predicted molar refractivity (Wildman–Crippen MR) is 54.6 cm³/mol. The molecule has 0 aromatic rings. The molecule has 0 amide bonds. The summed E-state index contributed by atoms with van der Waals surface area (Å²) in [4.78, 5) is -0.0378. The van der Waals surface area contributed by atoms with E-state index in [9.17, 15) is 8.42 Å². The SMILES string of the molecule is C=C/C=C(\C=C)S(=O)(=O)Cl.CC. The van der Waals surface area contributed by atoms with Crippen molar-refractivity contribution >= 4 is 19.7 Å². The van der Waals surface area contributed by atoms with Crippen molar-refractivity contribution in [2.75, 3.05) is 0 Å². The lowest BCUT2D eigenvalue weighted by atomic mass is 10.5. The predicted octanol–water partition coefficient (Wildman–Crippen LogP) is 2.84. The highest BCUT2D eigenvalue weighted by Crippen LogP contribution is 2.11. The van der Waals surface area contributed by atoms with Gasteiger partial charge in [0.2, 0.25) is 0 Å². The molecule has 0 heterocycles. The molecule has 0 saturated carbocycles. The van der Waals surface area contributed by atoms with E-state index in [1.54, 1.807) is 0 Å². The molecule has 0 N–H and O–H groups in total. The van der Waals surface area contributed by atoms with E-state index in [2.05, 4.69) is 13.2 Å². The van der Waals surface area contributed by atoms with Gasteiger partial charge in [-0.2, -0.15) is 0 Å². The topological polar surface area (TPSA) is 34.1 Å². The normalized spacial score (nSPS) is 11.1. The van der Waals surface area contributed by atoms with E-state index >= 15 is 0 Å². The molecular weight excluding hydrogens is 196 g/mol. The zero-order chi connectivity index (χ0) is 10.2. The van der Waals surface area contributed by atoms with E-state index in [1.807, 2.05) is 13.8 Å². The highest BCUT2D eigenvalue weighted by molar-refractivity contribution is 8.17. The maximum Gasteiger partial charge on any atom is 0.261 e. The van der Waals surface area contributed by atoms with Gasteiger partial charge in [0.05, 0.1) is 4.91 Å². The lowest BCUT2D eigenvalue weighted by Crippen LogP contribution is -1.89. The monoisotopic (exact) mass is 208 g/mol. The molecule has 0 rings (SSSR count). The number of hydrogen-bond acceptors (Lipinski definition) is 2. The van der Waals surface area contributed by atoms with E-state index in [4.69, 9.17) is 10.7 Å². The van der Waals surface area contributed by atoms with Crippen molar-refractivity contribution in [2.24, 2.45) is 0 Å². The highest BCUT2D eigenvalue weighted by Gasteiger charge is 2.07. The largest absolute Gasteiger partial charge is 0.261 e. The first kappa shape index (κ1) is 14.0. The molecular formula is C8H13ClO2S. The van der Waals surface area contributed by atoms with Crippen LogP contribution in [0.2, 0.25) is 0 Å². The Bertz CT molecular complexity index is 263. The number of hydrogen-bond donors (Lipinski definition) is 0. The fourth-order valence-corrected chi connectivity index (χ4v) is 1.17. The Labute approximate surface area is 78.7 Å². The van der Waals surface area contributed by atoms with Crippen LogP contribution in [0.15, 0.2) is 36.3 Å². The standard InChI is InChI=1S/C6H7ClO2S.C2H6/c1-3-5-6(4-2)10(7,8)9;1-2/h3-5H,1-2H2;1-2H3/b6-5+;. The zero-order valence-corrected chi connectivity index (χ0v) is 8.82. The number of rotatable bonds is 3. The van der Waals surface area contributed by atoms with Crippen LogP contribution in [0.4, 0.5) is 0 Å². The fraction of sp³-hybridized carbons (Fsp3) is 0.250. The molecule has 0 aliphatic carbocycles. The van der Waals surface area contributed by atoms with Crippen LogP contribution < -0.4 is 0 Å². The third-order valence-electron chi connectivity index (χ3n) is 0.765. The summed E-state index contributed by atoms with van der Waals surface area (Å²) in [7, 11) is 1.33. The quantitative estimate of drug-likeness (QED) is 0.528. The van der Waals surface area contributed by atoms with Gasteiger partial charge in [-0.15, -0.1) is 0 Å². The average Bonchev–Trinajstić information content (AvgIpc) is 2.02. The van der Waals surface area contributed by atoms with Gasteiger partial charge < -0.3 is 0 Å². The Balaban J connectivity index is 0. The van der Waals surface area contributed by atoms with Crippen LogP contribution in [0.5, 0.6) is 0 Å². The number of halogens is 1. The molecule has 0 aromatic carbocycles. The first-order valence-electron chi connectivity index (χ1n) is 3.42. The molecule has 0 bridgehead atoms. The van der Waals surface area contributed by atoms with Crippen molar-refractivity contribution < 1.29 is 8.42 Å². The van der Waals surface area contributed by atoms with E-state index in [1.165, 1.54) is 12.2 Å². The summed E-state index contributed by atoms with van der Waals surface area (Å²) in [6, 6.07) is 0. The van der Waals surface area contributed by atoms with Crippen LogP contribution >= 0.6 is 10.7 Å². The average molecular weight is 209 g/mol. The van der Waals surface area contributed by atoms with Crippen LogP contribution in [0.1, 0.15) is 13.8 Å². The molecule has 0 spiro atoms. The maximum atomic E-state index is 10.5. The molecule has 12 heavy (non-hydrogen) atoms. The second-order valence-corrected chi connectivity index (χ2v) is 4.01. The minimum atomic E-state index is -3.63. The van der Waals surface area contributed by atoms with E-state index < -0.39 is 9.05 Å². The molecule has 0 unspecified atom stereocenters. The van der Waals surface area contributed by atoms with Crippen molar-refractivity contribution in [3.8, 4) is 0 Å². The van der Waals surface area contributed by atoms with E-state index in [-0.39, 0.29) is 4.91 Å². The van der Waals surface area contributed by atoms with Crippen molar-refractivity contribution in [3.63, 3.8) is 0 Å². The number of allylic oxidation sites excluding steroid dienone is 3. The molecule has 0 radical (unpaired) electrons. The van der Waals surface area contributed by atoms with Crippen molar-refractivity contribution in [2.45, 2.75) is 13.8 Å². The van der Waals surface area contributed by atoms with Crippen LogP contribution in [-0.4, -0.2) is 8.42 Å². The Morgan fingerprint density at radius 2 is 1.75 bits per heavy atom. The fourth-order valence-electron chi connectivity index (χ4n) is 0.365. The zero-order valence-electron chi connectivity index (χ0n) is 7.25. The highest BCUT2D eigenvalue weighted by atomic mass is 35.7. The van der Waals surface area contributed by atoms with Gasteiger partial charge >= 0.3 is 0 Å². The van der Waals surface area contributed by atoms with Gasteiger partial charge in [-0.25, -0.2) is 8.42 Å². The van der Waals surface area contributed by atoms with Gasteiger partial charge in [0.15, 0.2) is 0 Å². The summed E-state index contributed by atoms with van der Waals surface area (Å²) in [5, 5.41) is 0. The minimum Gasteiger partial charge on any atom is -0.207 e. The van der Waals surface area contributed by atoms with Gasteiger partial charge in [-0.05, 0) is 12.2 Å². The molecule has 0 fully saturated rings. The van der Waals surface area contributed by atoms with Crippen LogP contribution in [0.3, 0.4) is 0 Å². The second kappa shape index (κ2) is 7.13. The molecule has 2 nitrogen and oxygen atoms in total. The second-order valence-electron chi connectivity index (χ2n) is 1.45. The summed E-state index contributed by atoms with van der Waals surface area (Å²) >= 11 is 0. The van der Waals surface area contributed by atoms with Crippen molar-refractivity contribution in [1.82, 2.24) is 0 Å². The van der Waals surface area contributed by atoms with Gasteiger partial charge in [-0.1, -0.05) is 33.1 Å². The van der Waals surface area contributed by atoms with Gasteiger partial charge in [-0.3, -0.25) is 0 Å². The summed E-state index contributed by atoms with van der Waals surface area (Å²) in [6.45, 7) is 10.6. The molecule has 0 aromatic heterocycles. The summed E-state index contributed by atoms with van der Waals surface area (Å²) in [5.41, 5.74) is 0. The van der Waals surface area contributed by atoms with Gasteiger partial charge in [0, 0.05) is 10.7 Å². The Morgan fingerprint density at radius 1 is 1.33 bits per heavy atom. The molecule has 0 atom stereocenters. The molecule has 0 aliphatic rings. The lowest BCUT2D eigenvalue weighted by Gasteiger charge is -1.90. The minimum absolute atomic E-state index is 0.0378. The maximum absolute atomic E-state index is 10.5. The third-order valence-corrected chi connectivity index (χ3v) is 2.17. The lowest BCUT2D eigenvalue weighted by molar-refractivity contribution is 0.615. The van der Waals surface area contributed by atoms with E-state index in [0.29, 0.717) is 0 Å². The first-order valence-corrected chi connectivity index (χ1v) is 5.73. The van der Waals surface area contributed by atoms with Crippen molar-refractivity contribution in [3.05, 3.63) is 36.3 Å². The third kappa shape index (κ3) is 6.19. The van der Waals surface area contributed by atoms with E-state index in [0.717, 1.165) is 6.08 Å². The van der Waals surface area contributed by atoms with Crippen LogP contribution in [0.25, 0.3) is 0 Å². The van der Waals surface area contributed by atoms with Gasteiger partial charge in [0.1, 0.15) is 0 Å². The summed E-state index contributed by atoms with van der Waals surface area (Å²) in [5.74, 6) is 0. The summed E-state index contributed by atoms with van der Waals surface area (Å²) in [6.07, 6.45) is 3.76. The Kier molecular flexibility index (Phi) is 8.32. The molecule has 70 valence electrons. The molecule has 4 heteroatoms. The summed E-state index contributed by atoms with van der Waals surface area (Å²) < 4.78 is 21.1. The smallest absolute Gasteiger partial charge is 0.207 e. The Hall–Kier alpha value is -0.540. The Morgan fingerprint density at radius 3 is 1.83 bits per heavy atom. The van der Waals surface area contributed by atoms with Crippen LogP contribution in [-0.2, 0) is 9.05 Å². The van der Waals surface area contributed by atoms with Crippen LogP contribution in [0, 0.1) is 0 Å².